The lowest BCUT2D eigenvalue weighted by Gasteiger charge is -2.29. The molecule has 2 aromatic rings. The van der Waals surface area contributed by atoms with Crippen LogP contribution in [-0.2, 0) is 6.42 Å². The Hall–Kier alpha value is -1.72. The van der Waals surface area contributed by atoms with E-state index < -0.39 is 0 Å². The van der Waals surface area contributed by atoms with Crippen molar-refractivity contribution in [3.05, 3.63) is 52.0 Å². The fourth-order valence-electron chi connectivity index (χ4n) is 2.51. The summed E-state index contributed by atoms with van der Waals surface area (Å²) in [5, 5.41) is 2.78. The standard InChI is InChI=1S/C18H25N3OS/c1-3-4-12-21(14(2)15-8-6-5-7-9-15)18(22)16-13-23-17(20-16)10-11-19/h5-9,13-14H,3-4,10-12,19H2,1-2H3. The molecule has 0 saturated heterocycles. The number of thiazole rings is 1. The van der Waals surface area contributed by atoms with Crippen molar-refractivity contribution in [2.24, 2.45) is 5.73 Å². The zero-order valence-corrected chi connectivity index (χ0v) is 14.7. The molecule has 4 nitrogen and oxygen atoms in total. The first-order chi connectivity index (χ1) is 11.2. The molecule has 0 aliphatic heterocycles. The van der Waals surface area contributed by atoms with Crippen LogP contribution < -0.4 is 5.73 Å². The van der Waals surface area contributed by atoms with Gasteiger partial charge in [0.15, 0.2) is 0 Å². The number of carbonyl (C=O) groups excluding carboxylic acids is 1. The van der Waals surface area contributed by atoms with Gasteiger partial charge in [-0.15, -0.1) is 11.3 Å². The molecule has 1 heterocycles. The first kappa shape index (κ1) is 17.6. The van der Waals surface area contributed by atoms with Crippen LogP contribution in [0.4, 0.5) is 0 Å². The number of amides is 1. The minimum atomic E-state index is 0.00863. The second kappa shape index (κ2) is 8.79. The third-order valence-electron chi connectivity index (χ3n) is 3.89. The van der Waals surface area contributed by atoms with Crippen LogP contribution >= 0.6 is 11.3 Å². The second-order valence-corrected chi connectivity index (χ2v) is 6.55. The number of carbonyl (C=O) groups is 1. The monoisotopic (exact) mass is 331 g/mol. The summed E-state index contributed by atoms with van der Waals surface area (Å²) in [7, 11) is 0. The Morgan fingerprint density at radius 1 is 1.35 bits per heavy atom. The van der Waals surface area contributed by atoms with Crippen molar-refractivity contribution in [2.45, 2.75) is 39.2 Å². The highest BCUT2D eigenvalue weighted by Crippen LogP contribution is 2.23. The molecule has 1 aromatic heterocycles. The first-order valence-electron chi connectivity index (χ1n) is 8.17. The number of hydrogen-bond donors (Lipinski definition) is 1. The topological polar surface area (TPSA) is 59.2 Å². The van der Waals surface area contributed by atoms with E-state index in [9.17, 15) is 4.79 Å². The molecule has 0 spiro atoms. The van der Waals surface area contributed by atoms with E-state index in [1.807, 2.05) is 28.5 Å². The minimum Gasteiger partial charge on any atom is -0.331 e. The van der Waals surface area contributed by atoms with E-state index in [0.717, 1.165) is 36.4 Å². The lowest BCUT2D eigenvalue weighted by molar-refractivity contribution is 0.0682. The molecule has 23 heavy (non-hydrogen) atoms. The van der Waals surface area contributed by atoms with Crippen molar-refractivity contribution >= 4 is 17.2 Å². The molecule has 1 atom stereocenters. The highest BCUT2D eigenvalue weighted by Gasteiger charge is 2.24. The summed E-state index contributed by atoms with van der Waals surface area (Å²) in [6.45, 7) is 5.52. The Kier molecular flexibility index (Phi) is 6.74. The summed E-state index contributed by atoms with van der Waals surface area (Å²) < 4.78 is 0. The maximum absolute atomic E-state index is 12.9. The Morgan fingerprint density at radius 2 is 2.09 bits per heavy atom. The van der Waals surface area contributed by atoms with Gasteiger partial charge in [0.1, 0.15) is 5.69 Å². The van der Waals surface area contributed by atoms with E-state index >= 15 is 0 Å². The summed E-state index contributed by atoms with van der Waals surface area (Å²) in [5.41, 5.74) is 7.25. The van der Waals surface area contributed by atoms with Crippen LogP contribution in [0.3, 0.4) is 0 Å². The predicted molar refractivity (Wildman–Crippen MR) is 95.7 cm³/mol. The zero-order chi connectivity index (χ0) is 16.7. The van der Waals surface area contributed by atoms with Gasteiger partial charge in [0.05, 0.1) is 11.0 Å². The van der Waals surface area contributed by atoms with Crippen LogP contribution in [0.1, 0.15) is 53.8 Å². The van der Waals surface area contributed by atoms with Crippen LogP contribution in [0.2, 0.25) is 0 Å². The van der Waals surface area contributed by atoms with E-state index in [1.54, 1.807) is 0 Å². The largest absolute Gasteiger partial charge is 0.331 e. The van der Waals surface area contributed by atoms with Gasteiger partial charge in [-0.3, -0.25) is 4.79 Å². The van der Waals surface area contributed by atoms with Crippen molar-refractivity contribution in [1.29, 1.82) is 0 Å². The maximum Gasteiger partial charge on any atom is 0.273 e. The number of aromatic nitrogens is 1. The molecule has 0 fully saturated rings. The van der Waals surface area contributed by atoms with Crippen LogP contribution in [0.25, 0.3) is 0 Å². The molecular formula is C18H25N3OS. The second-order valence-electron chi connectivity index (χ2n) is 5.60. The molecule has 2 rings (SSSR count). The van der Waals surface area contributed by atoms with Crippen LogP contribution in [0.15, 0.2) is 35.7 Å². The Labute approximate surface area is 142 Å². The van der Waals surface area contributed by atoms with Gasteiger partial charge in [-0.25, -0.2) is 4.98 Å². The Morgan fingerprint density at radius 3 is 2.74 bits per heavy atom. The molecule has 2 N–H and O–H groups in total. The molecule has 124 valence electrons. The molecule has 0 aliphatic carbocycles. The summed E-state index contributed by atoms with van der Waals surface area (Å²) in [6.07, 6.45) is 2.77. The quantitative estimate of drug-likeness (QED) is 0.803. The lowest BCUT2D eigenvalue weighted by atomic mass is 10.1. The summed E-state index contributed by atoms with van der Waals surface area (Å²) >= 11 is 1.51. The van der Waals surface area contributed by atoms with Gasteiger partial charge in [0, 0.05) is 18.3 Å². The van der Waals surface area contributed by atoms with E-state index in [0.29, 0.717) is 12.2 Å². The Balaban J connectivity index is 2.20. The number of benzene rings is 1. The average molecular weight is 331 g/mol. The minimum absolute atomic E-state index is 0.00863. The normalized spacial score (nSPS) is 12.1. The molecule has 1 aromatic carbocycles. The highest BCUT2D eigenvalue weighted by molar-refractivity contribution is 7.09. The van der Waals surface area contributed by atoms with Gasteiger partial charge in [-0.1, -0.05) is 43.7 Å². The van der Waals surface area contributed by atoms with Gasteiger partial charge in [0.2, 0.25) is 0 Å². The maximum atomic E-state index is 12.9. The fourth-order valence-corrected chi connectivity index (χ4v) is 3.29. The molecule has 0 bridgehead atoms. The summed E-state index contributed by atoms with van der Waals surface area (Å²) in [6, 6.07) is 10.2. The Bertz CT molecular complexity index is 612. The van der Waals surface area contributed by atoms with Crippen molar-refractivity contribution in [1.82, 2.24) is 9.88 Å². The van der Waals surface area contributed by atoms with E-state index in [4.69, 9.17) is 5.73 Å². The van der Waals surface area contributed by atoms with Crippen molar-refractivity contribution in [3.8, 4) is 0 Å². The smallest absolute Gasteiger partial charge is 0.273 e. The number of hydrogen-bond acceptors (Lipinski definition) is 4. The molecule has 0 aliphatic rings. The van der Waals surface area contributed by atoms with Crippen LogP contribution in [0, 0.1) is 0 Å². The van der Waals surface area contributed by atoms with Crippen molar-refractivity contribution < 1.29 is 4.79 Å². The number of nitrogens with zero attached hydrogens (tertiary/aromatic N) is 2. The van der Waals surface area contributed by atoms with Crippen molar-refractivity contribution in [2.75, 3.05) is 13.1 Å². The fraction of sp³-hybridized carbons (Fsp3) is 0.444. The van der Waals surface area contributed by atoms with E-state index in [-0.39, 0.29) is 11.9 Å². The third kappa shape index (κ3) is 4.62. The molecule has 0 saturated carbocycles. The van der Waals surface area contributed by atoms with Gasteiger partial charge in [-0.2, -0.15) is 0 Å². The van der Waals surface area contributed by atoms with Crippen LogP contribution in [0.5, 0.6) is 0 Å². The first-order valence-corrected chi connectivity index (χ1v) is 9.05. The van der Waals surface area contributed by atoms with Gasteiger partial charge < -0.3 is 10.6 Å². The lowest BCUT2D eigenvalue weighted by Crippen LogP contribution is -2.34. The third-order valence-corrected chi connectivity index (χ3v) is 4.80. The number of nitrogens with two attached hydrogens (primary N) is 1. The summed E-state index contributed by atoms with van der Waals surface area (Å²) in [5.74, 6) is 0.00863. The SMILES string of the molecule is CCCCN(C(=O)c1csc(CCN)n1)C(C)c1ccccc1. The van der Waals surface area contributed by atoms with E-state index in [1.165, 1.54) is 11.3 Å². The summed E-state index contributed by atoms with van der Waals surface area (Å²) in [4.78, 5) is 19.3. The van der Waals surface area contributed by atoms with Gasteiger partial charge in [0.25, 0.3) is 5.91 Å². The molecule has 0 radical (unpaired) electrons. The molecule has 5 heteroatoms. The molecule has 1 unspecified atom stereocenters. The number of rotatable bonds is 8. The van der Waals surface area contributed by atoms with Gasteiger partial charge >= 0.3 is 0 Å². The highest BCUT2D eigenvalue weighted by atomic mass is 32.1. The van der Waals surface area contributed by atoms with Gasteiger partial charge in [-0.05, 0) is 25.5 Å². The predicted octanol–water partition coefficient (Wildman–Crippen LogP) is 3.65. The average Bonchev–Trinajstić information content (AvgIpc) is 3.04. The molecule has 1 amide bonds. The number of unbranched alkanes of at least 4 members (excludes halogenated alkanes) is 1. The van der Waals surface area contributed by atoms with Crippen molar-refractivity contribution in [3.63, 3.8) is 0 Å². The molecular weight excluding hydrogens is 306 g/mol. The van der Waals surface area contributed by atoms with E-state index in [2.05, 4.69) is 31.0 Å². The van der Waals surface area contributed by atoms with Crippen LogP contribution in [-0.4, -0.2) is 28.9 Å². The zero-order valence-electron chi connectivity index (χ0n) is 13.9.